The van der Waals surface area contributed by atoms with Crippen molar-refractivity contribution < 1.29 is 4.79 Å². The molecular weight excluding hydrogens is 178 g/mol. The summed E-state index contributed by atoms with van der Waals surface area (Å²) in [4.78, 5) is 13.4. The Hall–Kier alpha value is -0.610. The van der Waals surface area contributed by atoms with Crippen LogP contribution >= 0.6 is 0 Å². The maximum absolute atomic E-state index is 11.0. The van der Waals surface area contributed by atoms with Crippen molar-refractivity contribution in [1.82, 2.24) is 10.2 Å². The molecule has 0 aromatic rings. The smallest absolute Gasteiger partial charge is 0.219 e. The van der Waals surface area contributed by atoms with Crippen molar-refractivity contribution >= 4 is 5.91 Å². The molecule has 0 aromatic carbocycles. The van der Waals surface area contributed by atoms with E-state index < -0.39 is 0 Å². The number of amides is 1. The van der Waals surface area contributed by atoms with E-state index >= 15 is 0 Å². The van der Waals surface area contributed by atoms with Gasteiger partial charge in [0.1, 0.15) is 0 Å². The third-order valence-corrected chi connectivity index (χ3v) is 3.20. The van der Waals surface area contributed by atoms with Crippen molar-refractivity contribution in [2.75, 3.05) is 26.2 Å². The molecule has 4 nitrogen and oxygen atoms in total. The molecule has 3 N–H and O–H groups in total. The lowest BCUT2D eigenvalue weighted by Crippen LogP contribution is -2.55. The van der Waals surface area contributed by atoms with Crippen molar-refractivity contribution in [1.29, 1.82) is 0 Å². The highest BCUT2D eigenvalue weighted by molar-refractivity contribution is 5.75. The normalized spacial score (nSPS) is 23.0. The summed E-state index contributed by atoms with van der Waals surface area (Å²) in [7, 11) is 0. The molecule has 1 heterocycles. The maximum Gasteiger partial charge on any atom is 0.219 e. The average Bonchev–Trinajstić information content (AvgIpc) is 2.18. The Labute approximate surface area is 85.8 Å². The number of carbonyl (C=O) groups is 1. The first-order chi connectivity index (χ1) is 6.58. The average molecular weight is 199 g/mol. The number of rotatable bonds is 4. The van der Waals surface area contributed by atoms with Gasteiger partial charge in [0.05, 0.1) is 0 Å². The first kappa shape index (κ1) is 11.5. The molecule has 1 saturated heterocycles. The van der Waals surface area contributed by atoms with Gasteiger partial charge in [0.25, 0.3) is 0 Å². The van der Waals surface area contributed by atoms with E-state index in [1.54, 1.807) is 0 Å². The summed E-state index contributed by atoms with van der Waals surface area (Å²) in [6.07, 6.45) is 1.43. The Morgan fingerprint density at radius 1 is 1.50 bits per heavy atom. The number of hydrogen-bond acceptors (Lipinski definition) is 3. The highest BCUT2D eigenvalue weighted by Crippen LogP contribution is 2.23. The Morgan fingerprint density at radius 2 is 2.07 bits per heavy atom. The Balaban J connectivity index is 2.61. The molecule has 1 atom stereocenters. The van der Waals surface area contributed by atoms with Crippen molar-refractivity contribution in [2.24, 2.45) is 5.73 Å². The monoisotopic (exact) mass is 199 g/mol. The van der Waals surface area contributed by atoms with E-state index in [0.717, 1.165) is 32.6 Å². The molecule has 0 spiro atoms. The van der Waals surface area contributed by atoms with Gasteiger partial charge < -0.3 is 11.1 Å². The topological polar surface area (TPSA) is 58.4 Å². The van der Waals surface area contributed by atoms with Crippen LogP contribution in [0.15, 0.2) is 0 Å². The highest BCUT2D eigenvalue weighted by atomic mass is 16.1. The second-order valence-electron chi connectivity index (χ2n) is 4.23. The Morgan fingerprint density at radius 3 is 2.50 bits per heavy atom. The molecule has 0 bridgehead atoms. The van der Waals surface area contributed by atoms with Crippen LogP contribution in [0.5, 0.6) is 0 Å². The number of nitrogens with zero attached hydrogens (tertiary/aromatic N) is 1. The van der Waals surface area contributed by atoms with E-state index in [9.17, 15) is 4.79 Å². The molecule has 14 heavy (non-hydrogen) atoms. The van der Waals surface area contributed by atoms with Crippen LogP contribution in [0.25, 0.3) is 0 Å². The van der Waals surface area contributed by atoms with Crippen molar-refractivity contribution in [2.45, 2.75) is 32.2 Å². The summed E-state index contributed by atoms with van der Waals surface area (Å²) >= 11 is 0. The summed E-state index contributed by atoms with van der Waals surface area (Å²) in [6.45, 7) is 8.28. The van der Waals surface area contributed by atoms with Gasteiger partial charge in [-0.25, -0.2) is 0 Å². The number of piperazine rings is 1. The van der Waals surface area contributed by atoms with E-state index in [-0.39, 0.29) is 11.4 Å². The molecule has 1 fully saturated rings. The largest absolute Gasteiger partial charge is 0.370 e. The second-order valence-corrected chi connectivity index (χ2v) is 4.23. The van der Waals surface area contributed by atoms with Crippen LogP contribution in [0.2, 0.25) is 0 Å². The molecule has 4 heteroatoms. The third kappa shape index (κ3) is 2.69. The molecule has 0 saturated carbocycles. The van der Waals surface area contributed by atoms with Gasteiger partial charge in [0, 0.05) is 38.1 Å². The zero-order valence-electron chi connectivity index (χ0n) is 9.18. The SMILES string of the molecule is CCC(C)(CC(N)=O)N1CCNCC1. The minimum absolute atomic E-state index is 0.0477. The fourth-order valence-corrected chi connectivity index (χ4v) is 2.04. The van der Waals surface area contributed by atoms with Crippen molar-refractivity contribution in [3.05, 3.63) is 0 Å². The van der Waals surface area contributed by atoms with Gasteiger partial charge in [-0.3, -0.25) is 9.69 Å². The number of hydrogen-bond donors (Lipinski definition) is 2. The highest BCUT2D eigenvalue weighted by Gasteiger charge is 2.32. The molecule has 1 amide bonds. The second kappa shape index (κ2) is 4.75. The lowest BCUT2D eigenvalue weighted by molar-refractivity contribution is -0.121. The summed E-state index contributed by atoms with van der Waals surface area (Å²) in [5.74, 6) is -0.201. The predicted molar refractivity (Wildman–Crippen MR) is 57.0 cm³/mol. The molecule has 82 valence electrons. The summed E-state index contributed by atoms with van der Waals surface area (Å²) < 4.78 is 0. The van der Waals surface area contributed by atoms with Crippen LogP contribution < -0.4 is 11.1 Å². The third-order valence-electron chi connectivity index (χ3n) is 3.20. The first-order valence-corrected chi connectivity index (χ1v) is 5.32. The zero-order valence-corrected chi connectivity index (χ0v) is 9.18. The van der Waals surface area contributed by atoms with Crippen molar-refractivity contribution in [3.8, 4) is 0 Å². The number of carbonyl (C=O) groups excluding carboxylic acids is 1. The quantitative estimate of drug-likeness (QED) is 0.666. The van der Waals surface area contributed by atoms with Crippen LogP contribution in [-0.4, -0.2) is 42.5 Å². The van der Waals surface area contributed by atoms with Crippen LogP contribution in [0, 0.1) is 0 Å². The number of nitrogens with two attached hydrogens (primary N) is 1. The molecule has 0 radical (unpaired) electrons. The molecular formula is C10H21N3O. The minimum Gasteiger partial charge on any atom is -0.370 e. The van der Waals surface area contributed by atoms with Gasteiger partial charge in [0.15, 0.2) is 0 Å². The van der Waals surface area contributed by atoms with E-state index in [4.69, 9.17) is 5.73 Å². The van der Waals surface area contributed by atoms with E-state index in [1.165, 1.54) is 0 Å². The Bertz CT molecular complexity index is 202. The molecule has 1 aliphatic heterocycles. The van der Waals surface area contributed by atoms with Crippen LogP contribution in [0.3, 0.4) is 0 Å². The molecule has 1 unspecified atom stereocenters. The first-order valence-electron chi connectivity index (χ1n) is 5.32. The molecule has 1 rings (SSSR count). The van der Waals surface area contributed by atoms with Gasteiger partial charge in [-0.15, -0.1) is 0 Å². The summed E-state index contributed by atoms with van der Waals surface area (Å²) in [6, 6.07) is 0. The minimum atomic E-state index is -0.201. The van der Waals surface area contributed by atoms with Gasteiger partial charge in [-0.1, -0.05) is 6.92 Å². The molecule has 0 aliphatic carbocycles. The van der Waals surface area contributed by atoms with Crippen LogP contribution in [-0.2, 0) is 4.79 Å². The fraction of sp³-hybridized carbons (Fsp3) is 0.900. The van der Waals surface area contributed by atoms with Gasteiger partial charge in [-0.2, -0.15) is 0 Å². The maximum atomic E-state index is 11.0. The van der Waals surface area contributed by atoms with Gasteiger partial charge >= 0.3 is 0 Å². The van der Waals surface area contributed by atoms with Gasteiger partial charge in [-0.05, 0) is 13.3 Å². The summed E-state index contributed by atoms with van der Waals surface area (Å²) in [5, 5.41) is 3.31. The summed E-state index contributed by atoms with van der Waals surface area (Å²) in [5.41, 5.74) is 5.23. The van der Waals surface area contributed by atoms with E-state index in [2.05, 4.69) is 24.1 Å². The molecule has 1 aliphatic rings. The fourth-order valence-electron chi connectivity index (χ4n) is 2.04. The number of nitrogens with one attached hydrogen (secondary N) is 1. The van der Waals surface area contributed by atoms with E-state index in [1.807, 2.05) is 0 Å². The standard InChI is InChI=1S/C10H21N3O/c1-3-10(2,8-9(11)14)13-6-4-12-5-7-13/h12H,3-8H2,1-2H3,(H2,11,14). The predicted octanol–water partition coefficient (Wildman–Crippen LogP) is -0.0643. The van der Waals surface area contributed by atoms with Crippen LogP contribution in [0.4, 0.5) is 0 Å². The van der Waals surface area contributed by atoms with E-state index in [0.29, 0.717) is 6.42 Å². The zero-order chi connectivity index (χ0) is 10.6. The lowest BCUT2D eigenvalue weighted by Gasteiger charge is -2.42. The number of primary amides is 1. The van der Waals surface area contributed by atoms with Crippen molar-refractivity contribution in [3.63, 3.8) is 0 Å². The van der Waals surface area contributed by atoms with Gasteiger partial charge in [0.2, 0.25) is 5.91 Å². The Kier molecular flexibility index (Phi) is 3.89. The molecule has 0 aromatic heterocycles. The lowest BCUT2D eigenvalue weighted by atomic mass is 9.91. The van der Waals surface area contributed by atoms with Crippen LogP contribution in [0.1, 0.15) is 26.7 Å².